The summed E-state index contributed by atoms with van der Waals surface area (Å²) in [6.07, 6.45) is 9.68. The minimum Gasteiger partial charge on any atom is -0.355 e. The molecule has 5 heteroatoms. The lowest BCUT2D eigenvalue weighted by Crippen LogP contribution is -2.49. The van der Waals surface area contributed by atoms with Crippen molar-refractivity contribution in [2.45, 2.75) is 63.1 Å². The van der Waals surface area contributed by atoms with Crippen LogP contribution in [0, 0.1) is 5.92 Å². The molecule has 0 aromatic heterocycles. The molecule has 0 aromatic rings. The van der Waals surface area contributed by atoms with E-state index in [2.05, 4.69) is 39.5 Å². The molecule has 3 fully saturated rings. The second-order valence-corrected chi connectivity index (χ2v) is 7.88. The van der Waals surface area contributed by atoms with Crippen LogP contribution in [-0.2, 0) is 0 Å². The Morgan fingerprint density at radius 2 is 1.91 bits per heavy atom. The first-order valence-corrected chi connectivity index (χ1v) is 9.55. The van der Waals surface area contributed by atoms with Gasteiger partial charge in [-0.25, -0.2) is 0 Å². The van der Waals surface area contributed by atoms with Gasteiger partial charge in [0.25, 0.3) is 0 Å². The molecule has 0 radical (unpaired) electrons. The number of rotatable bonds is 6. The van der Waals surface area contributed by atoms with Gasteiger partial charge in [0, 0.05) is 44.8 Å². The van der Waals surface area contributed by atoms with Crippen LogP contribution in [0.5, 0.6) is 0 Å². The molecular formula is C18H35N5. The van der Waals surface area contributed by atoms with E-state index in [0.29, 0.717) is 12.1 Å². The molecule has 0 amide bonds. The van der Waals surface area contributed by atoms with Crippen molar-refractivity contribution >= 4 is 5.96 Å². The van der Waals surface area contributed by atoms with Crippen LogP contribution >= 0.6 is 0 Å². The van der Waals surface area contributed by atoms with Crippen LogP contribution in [0.2, 0.25) is 0 Å². The Bertz CT molecular complexity index is 396. The number of nitrogens with zero attached hydrogens (tertiary/aromatic N) is 3. The Labute approximate surface area is 141 Å². The molecule has 1 aliphatic heterocycles. The topological polar surface area (TPSA) is 42.9 Å². The van der Waals surface area contributed by atoms with Gasteiger partial charge in [-0.15, -0.1) is 0 Å². The van der Waals surface area contributed by atoms with E-state index in [1.807, 2.05) is 7.05 Å². The largest absolute Gasteiger partial charge is 0.355 e. The highest BCUT2D eigenvalue weighted by molar-refractivity contribution is 5.80. The van der Waals surface area contributed by atoms with E-state index in [-0.39, 0.29) is 0 Å². The summed E-state index contributed by atoms with van der Waals surface area (Å²) in [7, 11) is 6.27. The molecule has 3 rings (SSSR count). The monoisotopic (exact) mass is 321 g/mol. The Kier molecular flexibility index (Phi) is 5.81. The summed E-state index contributed by atoms with van der Waals surface area (Å²) in [5.41, 5.74) is 0. The van der Waals surface area contributed by atoms with Gasteiger partial charge in [-0.3, -0.25) is 9.89 Å². The van der Waals surface area contributed by atoms with E-state index >= 15 is 0 Å². The zero-order valence-electron chi connectivity index (χ0n) is 15.2. The highest BCUT2D eigenvalue weighted by Crippen LogP contribution is 2.34. The minimum absolute atomic E-state index is 0.556. The van der Waals surface area contributed by atoms with Crippen molar-refractivity contribution in [1.82, 2.24) is 20.4 Å². The lowest BCUT2D eigenvalue weighted by atomic mass is 10.1. The summed E-state index contributed by atoms with van der Waals surface area (Å²) in [5, 5.41) is 7.21. The van der Waals surface area contributed by atoms with Gasteiger partial charge >= 0.3 is 0 Å². The van der Waals surface area contributed by atoms with E-state index in [1.54, 1.807) is 0 Å². The van der Waals surface area contributed by atoms with Crippen LogP contribution in [0.15, 0.2) is 4.99 Å². The van der Waals surface area contributed by atoms with Crippen molar-refractivity contribution < 1.29 is 0 Å². The van der Waals surface area contributed by atoms with Crippen molar-refractivity contribution in [3.63, 3.8) is 0 Å². The quantitative estimate of drug-likeness (QED) is 0.575. The van der Waals surface area contributed by atoms with Gasteiger partial charge in [0.1, 0.15) is 0 Å². The number of guanidine groups is 1. The zero-order valence-corrected chi connectivity index (χ0v) is 15.2. The lowest BCUT2D eigenvalue weighted by molar-refractivity contribution is 0.242. The zero-order chi connectivity index (χ0) is 16.2. The van der Waals surface area contributed by atoms with E-state index in [9.17, 15) is 0 Å². The second-order valence-electron chi connectivity index (χ2n) is 7.88. The second kappa shape index (κ2) is 7.84. The molecule has 1 heterocycles. The standard InChI is InChI=1S/C18H35N5/c1-19-18(20-12-17(22(2)3)14-8-9-14)21-15-10-11-23(13-15)16-6-4-5-7-16/h14-17H,4-13H2,1-3H3,(H2,19,20,21). The van der Waals surface area contributed by atoms with Gasteiger partial charge in [0.05, 0.1) is 0 Å². The highest BCUT2D eigenvalue weighted by Gasteiger charge is 2.33. The van der Waals surface area contributed by atoms with Crippen LogP contribution in [0.25, 0.3) is 0 Å². The number of likely N-dealkylation sites (N-methyl/N-ethyl adjacent to an activating group) is 1. The molecule has 3 aliphatic rings. The van der Waals surface area contributed by atoms with Crippen LogP contribution < -0.4 is 10.6 Å². The van der Waals surface area contributed by atoms with Gasteiger partial charge in [-0.1, -0.05) is 12.8 Å². The predicted molar refractivity (Wildman–Crippen MR) is 96.9 cm³/mol. The summed E-state index contributed by atoms with van der Waals surface area (Å²) in [5.74, 6) is 1.86. The molecule has 2 unspecified atom stereocenters. The van der Waals surface area contributed by atoms with Gasteiger partial charge < -0.3 is 15.5 Å². The Balaban J connectivity index is 1.42. The van der Waals surface area contributed by atoms with Gasteiger partial charge in [0.2, 0.25) is 0 Å². The van der Waals surface area contributed by atoms with Crippen LogP contribution in [0.4, 0.5) is 0 Å². The van der Waals surface area contributed by atoms with E-state index < -0.39 is 0 Å². The molecule has 1 saturated heterocycles. The summed E-state index contributed by atoms with van der Waals surface area (Å²) < 4.78 is 0. The first-order valence-electron chi connectivity index (χ1n) is 9.55. The van der Waals surface area contributed by atoms with Gasteiger partial charge in [-0.2, -0.15) is 0 Å². The molecule has 2 saturated carbocycles. The number of nitrogens with one attached hydrogen (secondary N) is 2. The normalized spacial score (nSPS) is 28.5. The minimum atomic E-state index is 0.556. The van der Waals surface area contributed by atoms with Crippen molar-refractivity contribution in [2.24, 2.45) is 10.9 Å². The number of likely N-dealkylation sites (tertiary alicyclic amines) is 1. The molecule has 0 aromatic carbocycles. The molecule has 2 atom stereocenters. The molecule has 5 nitrogen and oxygen atoms in total. The maximum atomic E-state index is 4.44. The average molecular weight is 322 g/mol. The third-order valence-electron chi connectivity index (χ3n) is 5.93. The fourth-order valence-electron chi connectivity index (χ4n) is 4.35. The van der Waals surface area contributed by atoms with Crippen LogP contribution in [0.1, 0.15) is 44.9 Å². The maximum Gasteiger partial charge on any atom is 0.191 e. The third-order valence-corrected chi connectivity index (χ3v) is 5.93. The molecule has 0 spiro atoms. The summed E-state index contributed by atoms with van der Waals surface area (Å²) in [6.45, 7) is 3.43. The third kappa shape index (κ3) is 4.60. The fourth-order valence-corrected chi connectivity index (χ4v) is 4.35. The number of hydrogen-bond donors (Lipinski definition) is 2. The summed E-state index contributed by atoms with van der Waals surface area (Å²) in [4.78, 5) is 9.50. The molecule has 2 N–H and O–H groups in total. The van der Waals surface area contributed by atoms with Crippen molar-refractivity contribution in [3.8, 4) is 0 Å². The first kappa shape index (κ1) is 17.0. The van der Waals surface area contributed by atoms with Gasteiger partial charge in [-0.05, 0) is 52.1 Å². The fraction of sp³-hybridized carbons (Fsp3) is 0.944. The van der Waals surface area contributed by atoms with Crippen molar-refractivity contribution in [3.05, 3.63) is 0 Å². The highest BCUT2D eigenvalue weighted by atomic mass is 15.3. The molecule has 132 valence electrons. The van der Waals surface area contributed by atoms with Crippen LogP contribution in [-0.4, -0.2) is 74.7 Å². The van der Waals surface area contributed by atoms with Gasteiger partial charge in [0.15, 0.2) is 5.96 Å². The smallest absolute Gasteiger partial charge is 0.191 e. The van der Waals surface area contributed by atoms with E-state index in [1.165, 1.54) is 58.0 Å². The van der Waals surface area contributed by atoms with Crippen LogP contribution in [0.3, 0.4) is 0 Å². The van der Waals surface area contributed by atoms with Crippen molar-refractivity contribution in [2.75, 3.05) is 40.8 Å². The molecule has 2 aliphatic carbocycles. The van der Waals surface area contributed by atoms with Crippen molar-refractivity contribution in [1.29, 1.82) is 0 Å². The Morgan fingerprint density at radius 3 is 2.52 bits per heavy atom. The number of hydrogen-bond acceptors (Lipinski definition) is 3. The first-order chi connectivity index (χ1) is 11.2. The Morgan fingerprint density at radius 1 is 1.17 bits per heavy atom. The summed E-state index contributed by atoms with van der Waals surface area (Å²) in [6, 6.07) is 2.04. The Hall–Kier alpha value is -0.810. The van der Waals surface area contributed by atoms with E-state index in [0.717, 1.165) is 24.5 Å². The van der Waals surface area contributed by atoms with E-state index in [4.69, 9.17) is 0 Å². The predicted octanol–water partition coefficient (Wildman–Crippen LogP) is 1.51. The molecule has 0 bridgehead atoms. The molecular weight excluding hydrogens is 286 g/mol. The SMILES string of the molecule is CN=C(NCC(C1CC1)N(C)C)NC1CCN(C2CCCC2)C1. The average Bonchev–Trinajstić information content (AvgIpc) is 3.03. The lowest BCUT2D eigenvalue weighted by Gasteiger charge is -2.27. The summed E-state index contributed by atoms with van der Waals surface area (Å²) >= 11 is 0. The molecule has 23 heavy (non-hydrogen) atoms. The maximum absolute atomic E-state index is 4.44. The number of aliphatic imine (C=N–C) groups is 1.